The molecule has 0 aliphatic carbocycles. The van der Waals surface area contributed by atoms with E-state index in [9.17, 15) is 9.59 Å². The predicted octanol–water partition coefficient (Wildman–Crippen LogP) is 3.30. The molecule has 1 aliphatic heterocycles. The van der Waals surface area contributed by atoms with Crippen LogP contribution < -0.4 is 5.56 Å². The van der Waals surface area contributed by atoms with Crippen molar-refractivity contribution in [2.24, 2.45) is 0 Å². The zero-order valence-electron chi connectivity index (χ0n) is 18.0. The number of H-pyrrole nitrogens is 1. The van der Waals surface area contributed by atoms with Crippen LogP contribution in [0.1, 0.15) is 34.8 Å². The van der Waals surface area contributed by atoms with Gasteiger partial charge in [-0.2, -0.15) is 5.26 Å². The molecule has 1 saturated heterocycles. The molecule has 7 nitrogen and oxygen atoms in total. The van der Waals surface area contributed by atoms with E-state index < -0.39 is 0 Å². The second-order valence-corrected chi connectivity index (χ2v) is 8.36. The lowest BCUT2D eigenvalue weighted by atomic mass is 10.1. The number of carbonyl (C=O) groups excluding carboxylic acids is 1. The molecule has 164 valence electrons. The van der Waals surface area contributed by atoms with Crippen LogP contribution in [0.3, 0.4) is 0 Å². The highest BCUT2D eigenvalue weighted by Crippen LogP contribution is 2.16. The van der Waals surface area contributed by atoms with E-state index in [4.69, 9.17) is 17.5 Å². The average Bonchev–Trinajstić information content (AvgIpc) is 3.04. The number of aromatic nitrogens is 2. The van der Waals surface area contributed by atoms with Crippen LogP contribution in [0.25, 0.3) is 10.9 Å². The molecule has 0 spiro atoms. The number of rotatable bonds is 4. The minimum atomic E-state index is -0.140. The number of benzene rings is 2. The Balaban J connectivity index is 1.47. The summed E-state index contributed by atoms with van der Waals surface area (Å²) in [4.78, 5) is 33.1. The van der Waals surface area contributed by atoms with Crippen molar-refractivity contribution >= 4 is 29.0 Å². The van der Waals surface area contributed by atoms with Crippen LogP contribution in [-0.4, -0.2) is 51.4 Å². The number of amides is 1. The second-order valence-electron chi connectivity index (χ2n) is 7.97. The van der Waals surface area contributed by atoms with Crippen LogP contribution in [0.15, 0.2) is 47.3 Å². The number of hydrogen-bond acceptors (Lipinski definition) is 5. The van der Waals surface area contributed by atoms with Crippen molar-refractivity contribution in [3.8, 4) is 6.07 Å². The Bertz CT molecular complexity index is 1300. The summed E-state index contributed by atoms with van der Waals surface area (Å²) in [6, 6.07) is 14.9. The molecule has 0 unspecified atom stereocenters. The van der Waals surface area contributed by atoms with E-state index in [2.05, 4.69) is 16.0 Å². The van der Waals surface area contributed by atoms with Crippen LogP contribution >= 0.6 is 12.2 Å². The van der Waals surface area contributed by atoms with E-state index >= 15 is 0 Å². The van der Waals surface area contributed by atoms with E-state index in [1.54, 1.807) is 18.2 Å². The Morgan fingerprint density at radius 3 is 2.62 bits per heavy atom. The Hall–Kier alpha value is -3.28. The first-order valence-electron chi connectivity index (χ1n) is 10.8. The molecule has 2 heterocycles. The lowest BCUT2D eigenvalue weighted by Gasteiger charge is -2.22. The number of carbonyl (C=O) groups is 1. The van der Waals surface area contributed by atoms with E-state index in [1.807, 2.05) is 36.1 Å². The molecule has 0 atom stereocenters. The highest BCUT2D eigenvalue weighted by Gasteiger charge is 2.21. The summed E-state index contributed by atoms with van der Waals surface area (Å²) < 4.78 is 1.87. The number of fused-ring (bicyclic) bond motifs is 1. The van der Waals surface area contributed by atoms with Crippen LogP contribution in [0, 0.1) is 16.1 Å². The van der Waals surface area contributed by atoms with E-state index in [1.165, 1.54) is 4.57 Å². The Morgan fingerprint density at radius 2 is 1.91 bits per heavy atom. The first-order valence-corrected chi connectivity index (χ1v) is 11.2. The summed E-state index contributed by atoms with van der Waals surface area (Å²) in [5.74, 6) is -0.0360. The van der Waals surface area contributed by atoms with Crippen LogP contribution in [0.4, 0.5) is 0 Å². The SMILES string of the molecule is CCn1c(=S)[nH]c2cc(C(=O)N3CCCN(Cc4ccc(C#N)cc4)CC3)ccc2c1=O. The van der Waals surface area contributed by atoms with Gasteiger partial charge in [0.05, 0.1) is 22.5 Å². The van der Waals surface area contributed by atoms with Gasteiger partial charge in [0.25, 0.3) is 11.5 Å². The minimum absolute atomic E-state index is 0.0360. The fourth-order valence-corrected chi connectivity index (χ4v) is 4.45. The van der Waals surface area contributed by atoms with Gasteiger partial charge in [-0.25, -0.2) is 0 Å². The molecule has 1 aliphatic rings. The van der Waals surface area contributed by atoms with Gasteiger partial charge in [-0.3, -0.25) is 19.1 Å². The molecule has 1 fully saturated rings. The molecule has 0 radical (unpaired) electrons. The summed E-state index contributed by atoms with van der Waals surface area (Å²) >= 11 is 5.29. The molecule has 2 aromatic carbocycles. The van der Waals surface area contributed by atoms with E-state index in [-0.39, 0.29) is 11.5 Å². The topological polar surface area (TPSA) is 85.1 Å². The highest BCUT2D eigenvalue weighted by molar-refractivity contribution is 7.71. The first kappa shape index (κ1) is 21.9. The third kappa shape index (κ3) is 4.49. The number of nitriles is 1. The van der Waals surface area contributed by atoms with E-state index in [0.29, 0.717) is 46.4 Å². The molecule has 8 heteroatoms. The number of hydrogen-bond donors (Lipinski definition) is 1. The first-order chi connectivity index (χ1) is 15.5. The van der Waals surface area contributed by atoms with Gasteiger partial charge < -0.3 is 9.88 Å². The minimum Gasteiger partial charge on any atom is -0.337 e. The molecular formula is C24H25N5O2S. The normalized spacial score (nSPS) is 14.8. The lowest BCUT2D eigenvalue weighted by molar-refractivity contribution is 0.0761. The second kappa shape index (κ2) is 9.47. The zero-order chi connectivity index (χ0) is 22.7. The average molecular weight is 448 g/mol. The Kier molecular flexibility index (Phi) is 6.49. The summed E-state index contributed by atoms with van der Waals surface area (Å²) in [6.07, 6.45) is 0.888. The number of nitrogens with zero attached hydrogens (tertiary/aromatic N) is 4. The number of aromatic amines is 1. The molecule has 3 aromatic rings. The standard InChI is InChI=1S/C24H25N5O2S/c1-2-29-23(31)20-9-8-19(14-21(20)26-24(29)32)22(30)28-11-3-10-27(12-13-28)16-18-6-4-17(15-25)5-7-18/h4-9,14H,2-3,10-13,16H2,1H3,(H,26,32). The maximum atomic E-state index is 13.2. The van der Waals surface area contributed by atoms with Crippen LogP contribution in [0.2, 0.25) is 0 Å². The van der Waals surface area contributed by atoms with Gasteiger partial charge in [0.2, 0.25) is 0 Å². The van der Waals surface area contributed by atoms with Crippen molar-refractivity contribution in [2.45, 2.75) is 26.4 Å². The van der Waals surface area contributed by atoms with Crippen molar-refractivity contribution in [3.05, 3.63) is 74.3 Å². The third-order valence-electron chi connectivity index (χ3n) is 5.91. The fraction of sp³-hybridized carbons (Fsp3) is 0.333. The Labute approximate surface area is 191 Å². The lowest BCUT2D eigenvalue weighted by Crippen LogP contribution is -2.35. The monoisotopic (exact) mass is 447 g/mol. The molecule has 0 bridgehead atoms. The van der Waals surface area contributed by atoms with Crippen molar-refractivity contribution in [1.29, 1.82) is 5.26 Å². The van der Waals surface area contributed by atoms with E-state index in [0.717, 1.165) is 31.6 Å². The predicted molar refractivity (Wildman–Crippen MR) is 126 cm³/mol. The van der Waals surface area contributed by atoms with Crippen molar-refractivity contribution < 1.29 is 4.79 Å². The summed E-state index contributed by atoms with van der Waals surface area (Å²) in [5, 5.41) is 9.48. The van der Waals surface area contributed by atoms with Gasteiger partial charge >= 0.3 is 0 Å². The fourth-order valence-electron chi connectivity index (χ4n) is 4.13. The summed E-state index contributed by atoms with van der Waals surface area (Å²) in [7, 11) is 0. The molecular weight excluding hydrogens is 422 g/mol. The van der Waals surface area contributed by atoms with Gasteiger partial charge in [-0.05, 0) is 61.5 Å². The molecule has 1 amide bonds. The van der Waals surface area contributed by atoms with Gasteiger partial charge in [0.1, 0.15) is 0 Å². The molecule has 4 rings (SSSR count). The molecule has 0 saturated carbocycles. The van der Waals surface area contributed by atoms with Gasteiger partial charge in [-0.15, -0.1) is 0 Å². The molecule has 32 heavy (non-hydrogen) atoms. The van der Waals surface area contributed by atoms with Gasteiger partial charge in [0, 0.05) is 44.8 Å². The zero-order valence-corrected chi connectivity index (χ0v) is 18.8. The third-order valence-corrected chi connectivity index (χ3v) is 6.23. The summed E-state index contributed by atoms with van der Waals surface area (Å²) in [5.41, 5.74) is 2.82. The molecule has 1 aromatic heterocycles. The smallest absolute Gasteiger partial charge is 0.262 e. The summed E-state index contributed by atoms with van der Waals surface area (Å²) in [6.45, 7) is 6.18. The van der Waals surface area contributed by atoms with Crippen LogP contribution in [-0.2, 0) is 13.1 Å². The van der Waals surface area contributed by atoms with Gasteiger partial charge in [0.15, 0.2) is 4.77 Å². The largest absolute Gasteiger partial charge is 0.337 e. The van der Waals surface area contributed by atoms with Crippen molar-refractivity contribution in [2.75, 3.05) is 26.2 Å². The van der Waals surface area contributed by atoms with Gasteiger partial charge in [-0.1, -0.05) is 12.1 Å². The Morgan fingerprint density at radius 1 is 1.12 bits per heavy atom. The molecule has 1 N–H and O–H groups in total. The van der Waals surface area contributed by atoms with Crippen molar-refractivity contribution in [1.82, 2.24) is 19.4 Å². The maximum Gasteiger partial charge on any atom is 0.262 e. The maximum absolute atomic E-state index is 13.2. The van der Waals surface area contributed by atoms with Crippen molar-refractivity contribution in [3.63, 3.8) is 0 Å². The number of nitrogens with one attached hydrogen (secondary N) is 1. The quantitative estimate of drug-likeness (QED) is 0.621. The van der Waals surface area contributed by atoms with Crippen LogP contribution in [0.5, 0.6) is 0 Å². The highest BCUT2D eigenvalue weighted by atomic mass is 32.1.